The molecule has 9 nitrogen and oxygen atoms in total. The van der Waals surface area contributed by atoms with Gasteiger partial charge in [-0.2, -0.15) is 5.10 Å². The Balaban J connectivity index is 1.68. The molecule has 3 rings (SSSR count). The van der Waals surface area contributed by atoms with Gasteiger partial charge >= 0.3 is 6.03 Å². The van der Waals surface area contributed by atoms with Crippen LogP contribution in [0.1, 0.15) is 56.7 Å². The number of amides is 2. The summed E-state index contributed by atoms with van der Waals surface area (Å²) in [5.41, 5.74) is 0.623. The molecule has 0 radical (unpaired) electrons. The number of methoxy groups -OCH3 is 2. The number of urea groups is 1. The monoisotopic (exact) mass is 417 g/mol. The molecular weight excluding hydrogens is 386 g/mol. The molecule has 3 N–H and O–H groups in total. The van der Waals surface area contributed by atoms with Crippen molar-refractivity contribution in [3.05, 3.63) is 35.9 Å². The number of anilines is 1. The molecule has 1 aromatic carbocycles. The summed E-state index contributed by atoms with van der Waals surface area (Å²) in [7, 11) is 3.19. The van der Waals surface area contributed by atoms with Crippen LogP contribution in [-0.4, -0.2) is 52.3 Å². The molecular formula is C21H31N5O4. The summed E-state index contributed by atoms with van der Waals surface area (Å²) in [5, 5.41) is 20.7. The van der Waals surface area contributed by atoms with E-state index in [1.54, 1.807) is 38.5 Å². The highest BCUT2D eigenvalue weighted by Crippen LogP contribution is 2.33. The predicted molar refractivity (Wildman–Crippen MR) is 113 cm³/mol. The first-order valence-electron chi connectivity index (χ1n) is 10.2. The van der Waals surface area contributed by atoms with Crippen molar-refractivity contribution in [3.8, 4) is 5.75 Å². The minimum absolute atomic E-state index is 0.0935. The number of carbonyl (C=O) groups excluding carboxylic acids is 1. The molecule has 0 aliphatic heterocycles. The average Bonchev–Trinajstić information content (AvgIpc) is 3.14. The second-order valence-corrected chi connectivity index (χ2v) is 7.87. The summed E-state index contributed by atoms with van der Waals surface area (Å²) in [6.45, 7) is 4.47. The van der Waals surface area contributed by atoms with E-state index in [0.29, 0.717) is 36.7 Å². The number of nitrogens with one attached hydrogen (secondary N) is 2. The third-order valence-corrected chi connectivity index (χ3v) is 5.29. The van der Waals surface area contributed by atoms with Crippen LogP contribution >= 0.6 is 0 Å². The summed E-state index contributed by atoms with van der Waals surface area (Å²) in [5.74, 6) is 2.28. The van der Waals surface area contributed by atoms with Crippen LogP contribution in [0.3, 0.4) is 0 Å². The van der Waals surface area contributed by atoms with Crippen molar-refractivity contribution >= 4 is 11.7 Å². The second-order valence-electron chi connectivity index (χ2n) is 7.87. The minimum atomic E-state index is -0.605. The minimum Gasteiger partial charge on any atom is -0.497 e. The highest BCUT2D eigenvalue weighted by atomic mass is 16.5. The van der Waals surface area contributed by atoms with Gasteiger partial charge < -0.3 is 25.2 Å². The third kappa shape index (κ3) is 5.28. The molecule has 30 heavy (non-hydrogen) atoms. The van der Waals surface area contributed by atoms with Crippen molar-refractivity contribution in [1.82, 2.24) is 20.1 Å². The van der Waals surface area contributed by atoms with Gasteiger partial charge in [-0.15, -0.1) is 0 Å². The molecule has 1 fully saturated rings. The fourth-order valence-electron chi connectivity index (χ4n) is 3.81. The molecule has 3 atom stereocenters. The molecule has 0 saturated heterocycles. The van der Waals surface area contributed by atoms with E-state index in [4.69, 9.17) is 9.47 Å². The molecule has 1 aliphatic rings. The average molecular weight is 418 g/mol. The molecule has 164 valence electrons. The zero-order valence-corrected chi connectivity index (χ0v) is 18.0. The Morgan fingerprint density at radius 1 is 1.33 bits per heavy atom. The highest BCUT2D eigenvalue weighted by molar-refractivity contribution is 5.89. The van der Waals surface area contributed by atoms with E-state index in [9.17, 15) is 9.90 Å². The number of hydrogen-bond acceptors (Lipinski definition) is 6. The Morgan fingerprint density at radius 3 is 2.83 bits per heavy atom. The first kappa shape index (κ1) is 22.0. The third-order valence-electron chi connectivity index (χ3n) is 5.29. The van der Waals surface area contributed by atoms with Gasteiger partial charge in [-0.25, -0.2) is 14.5 Å². The van der Waals surface area contributed by atoms with Gasteiger partial charge in [0.05, 0.1) is 19.3 Å². The molecule has 1 aliphatic carbocycles. The van der Waals surface area contributed by atoms with Gasteiger partial charge in [0.25, 0.3) is 0 Å². The van der Waals surface area contributed by atoms with E-state index < -0.39 is 6.10 Å². The van der Waals surface area contributed by atoms with E-state index >= 15 is 0 Å². The van der Waals surface area contributed by atoms with Crippen LogP contribution in [0.5, 0.6) is 5.75 Å². The lowest BCUT2D eigenvalue weighted by Crippen LogP contribution is -2.48. The number of nitrogens with zero attached hydrogens (tertiary/aromatic N) is 3. The molecule has 0 bridgehead atoms. The van der Waals surface area contributed by atoms with Crippen molar-refractivity contribution in [1.29, 1.82) is 0 Å². The Labute approximate surface area is 176 Å². The summed E-state index contributed by atoms with van der Waals surface area (Å²) in [6.07, 6.45) is 1.35. The molecule has 1 aromatic heterocycles. The maximum absolute atomic E-state index is 12.5. The molecule has 2 aromatic rings. The van der Waals surface area contributed by atoms with Gasteiger partial charge in [0.1, 0.15) is 18.2 Å². The van der Waals surface area contributed by atoms with Crippen LogP contribution in [0.15, 0.2) is 24.3 Å². The standard InChI is InChI=1S/C21H31N5O4/c1-13(2)26-20(24-19(25-26)12-29-3)14-8-9-18(27)17(10-14)23-21(28)22-15-6-5-7-16(11-15)30-4/h5-7,11,13-14,17-18,27H,8-10,12H2,1-4H3,(H2,22,23,28)/t14-,17+,18+/m0/s1. The molecule has 9 heteroatoms. The highest BCUT2D eigenvalue weighted by Gasteiger charge is 2.34. The van der Waals surface area contributed by atoms with Crippen LogP contribution in [0.25, 0.3) is 0 Å². The lowest BCUT2D eigenvalue weighted by Gasteiger charge is -2.33. The van der Waals surface area contributed by atoms with Gasteiger partial charge in [-0.3, -0.25) is 0 Å². The van der Waals surface area contributed by atoms with Crippen LogP contribution in [0.2, 0.25) is 0 Å². The number of aliphatic hydroxyl groups excluding tert-OH is 1. The van der Waals surface area contributed by atoms with Gasteiger partial charge in [0.15, 0.2) is 5.82 Å². The smallest absolute Gasteiger partial charge is 0.319 e. The Hall–Kier alpha value is -2.65. The summed E-state index contributed by atoms with van der Waals surface area (Å²) in [4.78, 5) is 17.2. The first-order chi connectivity index (χ1) is 14.4. The fourth-order valence-corrected chi connectivity index (χ4v) is 3.81. The van der Waals surface area contributed by atoms with Crippen LogP contribution in [-0.2, 0) is 11.3 Å². The normalized spacial score (nSPS) is 21.5. The number of ether oxygens (including phenoxy) is 2. The van der Waals surface area contributed by atoms with E-state index in [0.717, 1.165) is 12.2 Å². The van der Waals surface area contributed by atoms with Crippen molar-refractivity contribution in [3.63, 3.8) is 0 Å². The SMILES string of the molecule is COCc1nc([C@H]2CC[C@@H](O)[C@H](NC(=O)Nc3cccc(OC)c3)C2)n(C(C)C)n1. The number of hydrogen-bond donors (Lipinski definition) is 3. The van der Waals surface area contributed by atoms with Crippen molar-refractivity contribution < 1.29 is 19.4 Å². The number of rotatable bonds is 7. The van der Waals surface area contributed by atoms with E-state index in [2.05, 4.69) is 34.6 Å². The fraction of sp³-hybridized carbons (Fsp3) is 0.571. The lowest BCUT2D eigenvalue weighted by molar-refractivity contribution is 0.0858. The second kappa shape index (κ2) is 9.90. The van der Waals surface area contributed by atoms with E-state index in [1.807, 2.05) is 4.68 Å². The predicted octanol–water partition coefficient (Wildman–Crippen LogP) is 2.83. The first-order valence-corrected chi connectivity index (χ1v) is 10.2. The van der Waals surface area contributed by atoms with Crippen LogP contribution < -0.4 is 15.4 Å². The maximum atomic E-state index is 12.5. The zero-order chi connectivity index (χ0) is 21.7. The van der Waals surface area contributed by atoms with Gasteiger partial charge in [-0.05, 0) is 45.2 Å². The Kier molecular flexibility index (Phi) is 7.28. The summed E-state index contributed by atoms with van der Waals surface area (Å²) >= 11 is 0. The van der Waals surface area contributed by atoms with E-state index in [-0.39, 0.29) is 24.0 Å². The molecule has 2 amide bonds. The van der Waals surface area contributed by atoms with Crippen molar-refractivity contribution in [2.75, 3.05) is 19.5 Å². The quantitative estimate of drug-likeness (QED) is 0.639. The lowest BCUT2D eigenvalue weighted by atomic mass is 9.83. The topological polar surface area (TPSA) is 111 Å². The molecule has 1 heterocycles. The number of benzene rings is 1. The van der Waals surface area contributed by atoms with Crippen molar-refractivity contribution in [2.24, 2.45) is 0 Å². The van der Waals surface area contributed by atoms with E-state index in [1.165, 1.54) is 0 Å². The Bertz CT molecular complexity index is 854. The molecule has 0 spiro atoms. The summed E-state index contributed by atoms with van der Waals surface area (Å²) in [6, 6.07) is 6.55. The number of aromatic nitrogens is 3. The largest absolute Gasteiger partial charge is 0.497 e. The maximum Gasteiger partial charge on any atom is 0.319 e. The zero-order valence-electron chi connectivity index (χ0n) is 18.0. The summed E-state index contributed by atoms with van der Waals surface area (Å²) < 4.78 is 12.3. The Morgan fingerprint density at radius 2 is 2.13 bits per heavy atom. The van der Waals surface area contributed by atoms with Gasteiger partial charge in [-0.1, -0.05) is 6.07 Å². The number of carbonyl (C=O) groups is 1. The van der Waals surface area contributed by atoms with Crippen molar-refractivity contribution in [2.45, 2.75) is 63.8 Å². The van der Waals surface area contributed by atoms with Gasteiger partial charge in [0.2, 0.25) is 0 Å². The van der Waals surface area contributed by atoms with Gasteiger partial charge in [0, 0.05) is 30.8 Å². The van der Waals surface area contributed by atoms with Crippen LogP contribution in [0.4, 0.5) is 10.5 Å². The van der Waals surface area contributed by atoms with Crippen LogP contribution in [0, 0.1) is 0 Å². The number of aliphatic hydroxyl groups is 1. The molecule has 1 saturated carbocycles. The molecule has 0 unspecified atom stereocenters.